The molecule has 6 nitrogen and oxygen atoms in total. The average Bonchev–Trinajstić information content (AvgIpc) is 2.89. The second-order valence-corrected chi connectivity index (χ2v) is 10.2. The first-order valence-corrected chi connectivity index (χ1v) is 14.8. The van der Waals surface area contributed by atoms with Gasteiger partial charge in [-0.2, -0.15) is 0 Å². The number of rotatable bonds is 24. The molecule has 0 radical (unpaired) electrons. The van der Waals surface area contributed by atoms with Crippen molar-refractivity contribution in [1.29, 1.82) is 0 Å². The van der Waals surface area contributed by atoms with Crippen molar-refractivity contribution in [3.8, 4) is 0 Å². The van der Waals surface area contributed by atoms with Gasteiger partial charge in [0.05, 0.1) is 0 Å². The Morgan fingerprint density at radius 3 is 1.76 bits per heavy atom. The van der Waals surface area contributed by atoms with Crippen LogP contribution in [0, 0.1) is 0 Å². The van der Waals surface area contributed by atoms with Crippen molar-refractivity contribution in [2.75, 3.05) is 6.54 Å². The van der Waals surface area contributed by atoms with Crippen LogP contribution in [0.2, 0.25) is 0 Å². The Morgan fingerprint density at radius 2 is 1.24 bits per heavy atom. The number of nitrogens with zero attached hydrogens (tertiary/aromatic N) is 1. The normalized spacial score (nSPS) is 12.1. The monoisotopic (exact) mass is 538 g/mol. The summed E-state index contributed by atoms with van der Waals surface area (Å²) in [7, 11) is 0. The van der Waals surface area contributed by atoms with E-state index in [1.165, 1.54) is 38.5 Å². The number of amides is 1. The molecule has 0 bridgehead atoms. The van der Waals surface area contributed by atoms with E-state index in [9.17, 15) is 14.7 Å². The van der Waals surface area contributed by atoms with Gasteiger partial charge in [0, 0.05) is 13.0 Å². The van der Waals surface area contributed by atoms with Crippen molar-refractivity contribution in [1.82, 2.24) is 5.32 Å². The Morgan fingerprint density at radius 1 is 0.763 bits per heavy atom. The molecule has 7 heteroatoms. The molecule has 0 heterocycles. The van der Waals surface area contributed by atoms with E-state index < -0.39 is 12.0 Å². The van der Waals surface area contributed by atoms with Gasteiger partial charge >= 0.3 is 35.5 Å². The Bertz CT molecular complexity index is 743. The molecule has 210 valence electrons. The summed E-state index contributed by atoms with van der Waals surface area (Å²) in [6, 6.07) is 8.58. The van der Waals surface area contributed by atoms with Gasteiger partial charge in [-0.15, -0.1) is 0 Å². The number of benzene rings is 1. The van der Waals surface area contributed by atoms with Crippen LogP contribution in [0.1, 0.15) is 141 Å². The number of hydrogen-bond donors (Lipinski definition) is 2. The number of carbonyl (C=O) groups is 2. The van der Waals surface area contributed by atoms with Gasteiger partial charge in [0.25, 0.3) is 0 Å². The Kier molecular flexibility index (Phi) is 25.0. The molecule has 38 heavy (non-hydrogen) atoms. The second kappa shape index (κ2) is 25.9. The average molecular weight is 539 g/mol. The SMILES string of the molecule is CCCCCCCCCCCC([O-])=N[C@@H](C(=O)NCCCCCCCCCCC(=O)O)c1ccccc1.[Na+]. The van der Waals surface area contributed by atoms with Gasteiger partial charge in [0.1, 0.15) is 0 Å². The first-order valence-electron chi connectivity index (χ1n) is 14.8. The molecule has 1 rings (SSSR count). The largest absolute Gasteiger partial charge is 1.00 e. The molecule has 0 spiro atoms. The van der Waals surface area contributed by atoms with Crippen LogP contribution < -0.4 is 40.0 Å². The number of aliphatic carboxylic acids is 1. The Balaban J connectivity index is 0.0000137. The number of carboxylic acid groups (broad SMARTS) is 1. The summed E-state index contributed by atoms with van der Waals surface area (Å²) in [6.45, 7) is 2.82. The fraction of sp³-hybridized carbons (Fsp3) is 0.710. The first kappa shape index (κ1) is 36.6. The van der Waals surface area contributed by atoms with Crippen molar-refractivity contribution in [2.24, 2.45) is 4.99 Å². The molecule has 1 atom stereocenters. The van der Waals surface area contributed by atoms with Crippen molar-refractivity contribution >= 4 is 17.8 Å². The molecular formula is C31H51N2NaO4. The molecule has 0 aliphatic carbocycles. The van der Waals surface area contributed by atoms with Crippen LogP contribution in [0.3, 0.4) is 0 Å². The molecule has 0 fully saturated rings. The van der Waals surface area contributed by atoms with Gasteiger partial charge in [-0.05, 0) is 37.1 Å². The summed E-state index contributed by atoms with van der Waals surface area (Å²) in [5, 5.41) is 24.2. The Hall–Kier alpha value is -1.37. The zero-order chi connectivity index (χ0) is 27.0. The van der Waals surface area contributed by atoms with Gasteiger partial charge in [-0.25, -0.2) is 0 Å². The van der Waals surface area contributed by atoms with E-state index in [1.54, 1.807) is 0 Å². The molecule has 2 N–H and O–H groups in total. The zero-order valence-electron chi connectivity index (χ0n) is 24.2. The van der Waals surface area contributed by atoms with Gasteiger partial charge in [0.2, 0.25) is 5.91 Å². The predicted octanol–water partition coefficient (Wildman–Crippen LogP) is 4.12. The van der Waals surface area contributed by atoms with E-state index in [0.717, 1.165) is 76.2 Å². The fourth-order valence-corrected chi connectivity index (χ4v) is 4.49. The maximum atomic E-state index is 12.9. The van der Waals surface area contributed by atoms with Gasteiger partial charge < -0.3 is 15.5 Å². The van der Waals surface area contributed by atoms with E-state index in [-0.39, 0.29) is 47.8 Å². The van der Waals surface area contributed by atoms with Gasteiger partial charge in [-0.1, -0.05) is 127 Å². The predicted molar refractivity (Wildman–Crippen MR) is 151 cm³/mol. The smallest absolute Gasteiger partial charge is 0.862 e. The molecule has 1 aromatic rings. The molecule has 0 aliphatic rings. The van der Waals surface area contributed by atoms with Crippen LogP contribution in [0.4, 0.5) is 0 Å². The third-order valence-electron chi connectivity index (χ3n) is 6.75. The number of unbranched alkanes of at least 4 members (excludes halogenated alkanes) is 15. The third kappa shape index (κ3) is 20.6. The minimum Gasteiger partial charge on any atom is -0.862 e. The van der Waals surface area contributed by atoms with Crippen molar-refractivity contribution in [3.05, 3.63) is 35.9 Å². The van der Waals surface area contributed by atoms with Crippen molar-refractivity contribution in [3.63, 3.8) is 0 Å². The minimum atomic E-state index is -0.780. The summed E-state index contributed by atoms with van der Waals surface area (Å²) in [5.41, 5.74) is 0.753. The number of aliphatic imine (C=N–C) groups is 1. The third-order valence-corrected chi connectivity index (χ3v) is 6.75. The topological polar surface area (TPSA) is 102 Å². The summed E-state index contributed by atoms with van der Waals surface area (Å²) in [6.07, 6.45) is 19.6. The zero-order valence-corrected chi connectivity index (χ0v) is 26.2. The molecule has 1 aromatic carbocycles. The molecule has 0 saturated heterocycles. The van der Waals surface area contributed by atoms with Gasteiger partial charge in [-0.3, -0.25) is 14.6 Å². The maximum Gasteiger partial charge on any atom is 1.00 e. The number of carbonyl (C=O) groups excluding carboxylic acids is 1. The molecule has 0 aromatic heterocycles. The number of nitrogens with one attached hydrogen (secondary N) is 1. The quantitative estimate of drug-likeness (QED) is 0.0895. The number of carboxylic acids is 1. The van der Waals surface area contributed by atoms with Crippen molar-refractivity contribution in [2.45, 2.75) is 135 Å². The maximum absolute atomic E-state index is 12.9. The van der Waals surface area contributed by atoms with E-state index in [0.29, 0.717) is 13.0 Å². The van der Waals surface area contributed by atoms with Crippen LogP contribution in [0.5, 0.6) is 0 Å². The molecule has 0 saturated carbocycles. The standard InChI is InChI=1S/C31H52N2O4.Na/c1-2-3-4-5-6-7-10-13-19-24-28(34)33-30(27-22-17-16-18-23-27)31(37)32-26-21-15-12-9-8-11-14-20-25-29(35)36;/h16-18,22-23,30H,2-15,19-21,24-26H2,1H3,(H,32,37)(H,33,34)(H,35,36);/q;+1/p-1/t30-;/m1./s1. The van der Waals surface area contributed by atoms with E-state index in [4.69, 9.17) is 5.11 Å². The van der Waals surface area contributed by atoms with Crippen LogP contribution >= 0.6 is 0 Å². The first-order chi connectivity index (χ1) is 18.0. The van der Waals surface area contributed by atoms with E-state index in [1.807, 2.05) is 30.3 Å². The van der Waals surface area contributed by atoms with Gasteiger partial charge in [0.15, 0.2) is 6.04 Å². The molecule has 1 amide bonds. The summed E-state index contributed by atoms with van der Waals surface area (Å²) < 4.78 is 0. The number of hydrogen-bond acceptors (Lipinski definition) is 4. The van der Waals surface area contributed by atoms with E-state index >= 15 is 0 Å². The molecule has 0 aliphatic heterocycles. The van der Waals surface area contributed by atoms with Crippen molar-refractivity contribution < 1.29 is 49.4 Å². The van der Waals surface area contributed by atoms with Crippen LogP contribution in [0.15, 0.2) is 35.3 Å². The fourth-order valence-electron chi connectivity index (χ4n) is 4.49. The minimum absolute atomic E-state index is 0. The summed E-state index contributed by atoms with van der Waals surface area (Å²) in [5.74, 6) is -1.10. The molecule has 0 unspecified atom stereocenters. The van der Waals surface area contributed by atoms with Crippen LogP contribution in [0.25, 0.3) is 0 Å². The Labute approximate surface area is 253 Å². The summed E-state index contributed by atoms with van der Waals surface area (Å²) >= 11 is 0. The second-order valence-electron chi connectivity index (χ2n) is 10.2. The van der Waals surface area contributed by atoms with E-state index in [2.05, 4.69) is 17.2 Å². The summed E-state index contributed by atoms with van der Waals surface area (Å²) in [4.78, 5) is 27.7. The van der Waals surface area contributed by atoms with Crippen LogP contribution in [-0.2, 0) is 9.59 Å². The van der Waals surface area contributed by atoms with Crippen LogP contribution in [-0.4, -0.2) is 29.4 Å². The molecular weight excluding hydrogens is 487 g/mol.